The Kier molecular flexibility index (Phi) is 5.05. The number of aliphatic hydroxyl groups is 1. The molecule has 2 atom stereocenters. The van der Waals surface area contributed by atoms with Gasteiger partial charge in [0.2, 0.25) is 0 Å². The van der Waals surface area contributed by atoms with E-state index in [0.29, 0.717) is 5.92 Å². The van der Waals surface area contributed by atoms with Crippen LogP contribution in [0.4, 0.5) is 0 Å². The highest BCUT2D eigenvalue weighted by Gasteiger charge is 2.34. The van der Waals surface area contributed by atoms with E-state index in [2.05, 4.69) is 24.3 Å². The van der Waals surface area contributed by atoms with Gasteiger partial charge in [-0.15, -0.1) is 0 Å². The van der Waals surface area contributed by atoms with Gasteiger partial charge in [0.15, 0.2) is 0 Å². The maximum absolute atomic E-state index is 12.8. The number of amides is 1. The summed E-state index contributed by atoms with van der Waals surface area (Å²) in [6.07, 6.45) is 9.48. The van der Waals surface area contributed by atoms with Crippen LogP contribution in [0.2, 0.25) is 0 Å². The van der Waals surface area contributed by atoms with E-state index in [0.717, 1.165) is 49.8 Å². The second-order valence-electron chi connectivity index (χ2n) is 7.42. The third-order valence-electron chi connectivity index (χ3n) is 5.24. The topological polar surface area (TPSA) is 67.2 Å². The molecule has 5 nitrogen and oxygen atoms in total. The molecule has 1 heterocycles. The number of aliphatic hydroxyl groups excluding tert-OH is 1. The molecule has 2 saturated carbocycles. The molecule has 3 rings (SSSR count). The molecular formula is C18H29N3O2. The van der Waals surface area contributed by atoms with Crippen LogP contribution in [-0.4, -0.2) is 33.4 Å². The van der Waals surface area contributed by atoms with Crippen LogP contribution in [0.1, 0.15) is 86.8 Å². The predicted octanol–water partition coefficient (Wildman–Crippen LogP) is 3.01. The molecule has 0 bridgehead atoms. The first-order valence-electron chi connectivity index (χ1n) is 9.11. The lowest BCUT2D eigenvalue weighted by Gasteiger charge is -2.24. The second-order valence-corrected chi connectivity index (χ2v) is 7.42. The number of rotatable bonds is 5. The number of carbonyl (C=O) groups is 1. The van der Waals surface area contributed by atoms with E-state index in [9.17, 15) is 9.90 Å². The summed E-state index contributed by atoms with van der Waals surface area (Å²) in [7, 11) is 0. The smallest absolute Gasteiger partial charge is 0.254 e. The number of nitrogens with one attached hydrogen (secondary N) is 1. The highest BCUT2D eigenvalue weighted by atomic mass is 16.3. The average Bonchev–Trinajstić information content (AvgIpc) is 3.30. The van der Waals surface area contributed by atoms with Gasteiger partial charge in [-0.2, -0.15) is 5.10 Å². The summed E-state index contributed by atoms with van der Waals surface area (Å²) in [6.45, 7) is 4.37. The minimum Gasteiger partial charge on any atom is -0.396 e. The van der Waals surface area contributed by atoms with Crippen molar-refractivity contribution in [1.82, 2.24) is 15.1 Å². The third kappa shape index (κ3) is 3.60. The van der Waals surface area contributed by atoms with Crippen molar-refractivity contribution in [2.45, 2.75) is 76.8 Å². The minimum atomic E-state index is -0.0100. The van der Waals surface area contributed by atoms with Gasteiger partial charge in [-0.3, -0.25) is 9.48 Å². The van der Waals surface area contributed by atoms with E-state index in [1.54, 1.807) is 6.20 Å². The molecular weight excluding hydrogens is 290 g/mol. The molecule has 0 aliphatic heterocycles. The highest BCUT2D eigenvalue weighted by Crippen LogP contribution is 2.42. The standard InChI is InChI=1S/C18H29N3O2/c1-12(2)21-17(13-8-9-13)15(10-19-21)18(23)20-16-7-5-3-4-6-14(16)11-22/h10,12-14,16,22H,3-9,11H2,1-2H3,(H,20,23). The molecule has 2 unspecified atom stereocenters. The number of hydrogen-bond donors (Lipinski definition) is 2. The maximum atomic E-state index is 12.8. The Morgan fingerprint density at radius 2 is 2.04 bits per heavy atom. The zero-order chi connectivity index (χ0) is 16.4. The van der Waals surface area contributed by atoms with E-state index < -0.39 is 0 Å². The second kappa shape index (κ2) is 7.04. The van der Waals surface area contributed by atoms with Crippen LogP contribution in [0.5, 0.6) is 0 Å². The SMILES string of the molecule is CC(C)n1ncc(C(=O)NC2CCCCCC2CO)c1C1CC1. The Hall–Kier alpha value is -1.36. The zero-order valence-electron chi connectivity index (χ0n) is 14.3. The van der Waals surface area contributed by atoms with Crippen LogP contribution in [0.25, 0.3) is 0 Å². The fraction of sp³-hybridized carbons (Fsp3) is 0.778. The molecule has 0 saturated heterocycles. The Bertz CT molecular complexity index is 548. The van der Waals surface area contributed by atoms with Crippen molar-refractivity contribution in [1.29, 1.82) is 0 Å². The summed E-state index contributed by atoms with van der Waals surface area (Å²) >= 11 is 0. The highest BCUT2D eigenvalue weighted by molar-refractivity contribution is 5.95. The Balaban J connectivity index is 1.77. The van der Waals surface area contributed by atoms with E-state index >= 15 is 0 Å². The van der Waals surface area contributed by atoms with Crippen LogP contribution < -0.4 is 5.32 Å². The normalized spacial score (nSPS) is 25.4. The molecule has 128 valence electrons. The molecule has 1 aromatic heterocycles. The van der Waals surface area contributed by atoms with Gasteiger partial charge in [-0.25, -0.2) is 0 Å². The first-order chi connectivity index (χ1) is 11.1. The number of aromatic nitrogens is 2. The summed E-state index contributed by atoms with van der Waals surface area (Å²) in [4.78, 5) is 12.8. The largest absolute Gasteiger partial charge is 0.396 e. The van der Waals surface area contributed by atoms with Crippen molar-refractivity contribution in [3.8, 4) is 0 Å². The molecule has 2 N–H and O–H groups in total. The fourth-order valence-corrected chi connectivity index (χ4v) is 3.76. The summed E-state index contributed by atoms with van der Waals surface area (Å²) in [6, 6.07) is 0.361. The van der Waals surface area contributed by atoms with Crippen LogP contribution >= 0.6 is 0 Å². The van der Waals surface area contributed by atoms with Gasteiger partial charge in [0.05, 0.1) is 17.5 Å². The van der Waals surface area contributed by atoms with Crippen LogP contribution in [0, 0.1) is 5.92 Å². The lowest BCUT2D eigenvalue weighted by atomic mass is 9.95. The summed E-state index contributed by atoms with van der Waals surface area (Å²) in [5.74, 6) is 0.665. The average molecular weight is 319 g/mol. The van der Waals surface area contributed by atoms with Crippen LogP contribution in [-0.2, 0) is 0 Å². The van der Waals surface area contributed by atoms with Crippen molar-refractivity contribution in [2.75, 3.05) is 6.61 Å². The van der Waals surface area contributed by atoms with Crippen LogP contribution in [0.15, 0.2) is 6.20 Å². The summed E-state index contributed by atoms with van der Waals surface area (Å²) < 4.78 is 2.00. The van der Waals surface area contributed by atoms with Crippen molar-refractivity contribution < 1.29 is 9.90 Å². The van der Waals surface area contributed by atoms with Crippen molar-refractivity contribution in [3.63, 3.8) is 0 Å². The molecule has 0 spiro atoms. The van der Waals surface area contributed by atoms with E-state index in [4.69, 9.17) is 0 Å². The third-order valence-corrected chi connectivity index (χ3v) is 5.24. The Morgan fingerprint density at radius 1 is 1.30 bits per heavy atom. The van der Waals surface area contributed by atoms with Crippen molar-refractivity contribution in [2.24, 2.45) is 5.92 Å². The molecule has 2 fully saturated rings. The first kappa shape index (κ1) is 16.5. The molecule has 2 aliphatic rings. The molecule has 0 radical (unpaired) electrons. The number of nitrogens with zero attached hydrogens (tertiary/aromatic N) is 2. The Labute approximate surface area is 138 Å². The number of carbonyl (C=O) groups excluding carboxylic acids is 1. The molecule has 2 aliphatic carbocycles. The fourth-order valence-electron chi connectivity index (χ4n) is 3.76. The number of hydrogen-bond acceptors (Lipinski definition) is 3. The lowest BCUT2D eigenvalue weighted by molar-refractivity contribution is 0.0898. The van der Waals surface area contributed by atoms with Gasteiger partial charge >= 0.3 is 0 Å². The first-order valence-corrected chi connectivity index (χ1v) is 9.11. The predicted molar refractivity (Wildman–Crippen MR) is 89.5 cm³/mol. The van der Waals surface area contributed by atoms with Gasteiger partial charge in [0.1, 0.15) is 0 Å². The summed E-state index contributed by atoms with van der Waals surface area (Å²) in [5.41, 5.74) is 1.84. The van der Waals surface area contributed by atoms with Gasteiger partial charge in [0, 0.05) is 30.5 Å². The van der Waals surface area contributed by atoms with Gasteiger partial charge in [-0.05, 0) is 39.5 Å². The van der Waals surface area contributed by atoms with Crippen LogP contribution in [0.3, 0.4) is 0 Å². The van der Waals surface area contributed by atoms with E-state index in [-0.39, 0.29) is 30.5 Å². The van der Waals surface area contributed by atoms with Crippen molar-refractivity contribution >= 4 is 5.91 Å². The minimum absolute atomic E-state index is 0.0100. The molecule has 5 heteroatoms. The molecule has 1 aromatic rings. The lowest BCUT2D eigenvalue weighted by Crippen LogP contribution is -2.41. The zero-order valence-corrected chi connectivity index (χ0v) is 14.3. The van der Waals surface area contributed by atoms with E-state index in [1.165, 1.54) is 6.42 Å². The van der Waals surface area contributed by atoms with Crippen molar-refractivity contribution in [3.05, 3.63) is 17.5 Å². The quantitative estimate of drug-likeness (QED) is 0.820. The monoisotopic (exact) mass is 319 g/mol. The molecule has 23 heavy (non-hydrogen) atoms. The van der Waals surface area contributed by atoms with Gasteiger partial charge in [0.25, 0.3) is 5.91 Å². The Morgan fingerprint density at radius 3 is 2.70 bits per heavy atom. The van der Waals surface area contributed by atoms with Gasteiger partial charge in [-0.1, -0.05) is 19.3 Å². The van der Waals surface area contributed by atoms with Gasteiger partial charge < -0.3 is 10.4 Å². The molecule has 0 aromatic carbocycles. The van der Waals surface area contributed by atoms with E-state index in [1.807, 2.05) is 4.68 Å². The maximum Gasteiger partial charge on any atom is 0.254 e. The summed E-state index contributed by atoms with van der Waals surface area (Å²) in [5, 5.41) is 17.3. The molecule has 1 amide bonds.